The molecule has 0 amide bonds. The van der Waals surface area contributed by atoms with Gasteiger partial charge in [-0.3, -0.25) is 4.98 Å². The molecule has 6 heteroatoms. The van der Waals surface area contributed by atoms with Crippen molar-refractivity contribution in [1.29, 1.82) is 0 Å². The summed E-state index contributed by atoms with van der Waals surface area (Å²) in [4.78, 5) is 9.70. The van der Waals surface area contributed by atoms with E-state index in [0.29, 0.717) is 11.8 Å². The Bertz CT molecular complexity index is 3600. The van der Waals surface area contributed by atoms with Crippen molar-refractivity contribution in [2.75, 3.05) is 0 Å². The maximum absolute atomic E-state index is 6.74. The molecule has 0 N–H and O–H groups in total. The molecule has 0 atom stereocenters. The molecule has 0 aliphatic rings. The van der Waals surface area contributed by atoms with E-state index in [2.05, 4.69) is 178 Å². The summed E-state index contributed by atoms with van der Waals surface area (Å²) >= 11 is 0. The zero-order valence-electron chi connectivity index (χ0n) is 35.5. The van der Waals surface area contributed by atoms with Crippen molar-refractivity contribution in [3.8, 4) is 28.3 Å². The molecule has 1 radical (unpaired) electrons. The molecule has 0 bridgehead atoms. The number of furan rings is 1. The van der Waals surface area contributed by atoms with E-state index >= 15 is 0 Å². The van der Waals surface area contributed by atoms with Crippen LogP contribution in [0.3, 0.4) is 0 Å². The molecule has 5 heterocycles. The van der Waals surface area contributed by atoms with Crippen LogP contribution in [0.25, 0.3) is 99.4 Å². The predicted octanol–water partition coefficient (Wildman–Crippen LogP) is 15.0. The van der Waals surface area contributed by atoms with Crippen molar-refractivity contribution in [2.45, 2.75) is 53.4 Å². The normalized spacial score (nSPS) is 11.9. The Hall–Kier alpha value is -6.59. The fourth-order valence-electron chi connectivity index (χ4n) is 9.39. The first-order valence-corrected chi connectivity index (χ1v) is 21.2. The molecule has 305 valence electrons. The Kier molecular flexibility index (Phi) is 9.82. The van der Waals surface area contributed by atoms with Crippen LogP contribution in [0.4, 0.5) is 0 Å². The molecule has 0 saturated heterocycles. The molecular formula is C56H44IrN4O-2. The van der Waals surface area contributed by atoms with Crippen molar-refractivity contribution in [1.82, 2.24) is 18.9 Å². The third-order valence-electron chi connectivity index (χ3n) is 12.5. The molecule has 0 unspecified atom stereocenters. The number of imidazole rings is 1. The standard InChI is InChI=1S/C31H19N2O.C25H25N2.Ir/c1-17-14-25(32-16-18(17)2)21-11-7-10-20-24-15-23-19-8-3-5-12-26(19)33-27-13-6-4-9-22(27)28(29(23)33)31(24)34-30(20)21;1-17(2)20-13-10-14-21(18(3)4)24(20)27-23-16-9-8-15-22(23)26-25(27)19-11-6-5-7-12-19;/h3-10,12-16H,1-2H3;5-11,13-18H,1-4H3;/q2*-1;. The number of nitrogens with zero attached hydrogens (tertiary/aromatic N) is 4. The van der Waals surface area contributed by atoms with Gasteiger partial charge in [0.05, 0.1) is 44.4 Å². The van der Waals surface area contributed by atoms with Crippen LogP contribution in [0.5, 0.6) is 0 Å². The van der Waals surface area contributed by atoms with E-state index in [1.54, 1.807) is 0 Å². The average Bonchev–Trinajstić information content (AvgIpc) is 4.04. The van der Waals surface area contributed by atoms with Crippen LogP contribution in [0.15, 0.2) is 150 Å². The van der Waals surface area contributed by atoms with Crippen LogP contribution < -0.4 is 0 Å². The van der Waals surface area contributed by atoms with Gasteiger partial charge < -0.3 is 18.4 Å². The van der Waals surface area contributed by atoms with Gasteiger partial charge in [0.1, 0.15) is 5.58 Å². The van der Waals surface area contributed by atoms with Crippen molar-refractivity contribution in [3.05, 3.63) is 180 Å². The van der Waals surface area contributed by atoms with Crippen molar-refractivity contribution in [2.24, 2.45) is 0 Å². The van der Waals surface area contributed by atoms with Gasteiger partial charge in [0, 0.05) is 53.5 Å². The second-order valence-corrected chi connectivity index (χ2v) is 16.9. The zero-order chi connectivity index (χ0) is 41.5. The summed E-state index contributed by atoms with van der Waals surface area (Å²) in [5, 5.41) is 7.15. The molecular weight excluding hydrogens is 937 g/mol. The molecule has 0 aliphatic heterocycles. The van der Waals surface area contributed by atoms with Gasteiger partial charge in [-0.1, -0.05) is 117 Å². The van der Waals surface area contributed by atoms with E-state index < -0.39 is 0 Å². The fraction of sp³-hybridized carbons (Fsp3) is 0.143. The summed E-state index contributed by atoms with van der Waals surface area (Å²) < 4.78 is 11.5. The Morgan fingerprint density at radius 3 is 1.97 bits per heavy atom. The summed E-state index contributed by atoms with van der Waals surface area (Å²) in [5.41, 5.74) is 16.8. The molecule has 7 aromatic carbocycles. The second kappa shape index (κ2) is 15.4. The van der Waals surface area contributed by atoms with Crippen molar-refractivity contribution < 1.29 is 24.5 Å². The Labute approximate surface area is 374 Å². The second-order valence-electron chi connectivity index (χ2n) is 16.9. The summed E-state index contributed by atoms with van der Waals surface area (Å²) in [6, 6.07) is 55.8. The molecule has 62 heavy (non-hydrogen) atoms. The zero-order valence-corrected chi connectivity index (χ0v) is 37.9. The van der Waals surface area contributed by atoms with E-state index in [4.69, 9.17) is 14.4 Å². The van der Waals surface area contributed by atoms with Crippen molar-refractivity contribution >= 4 is 71.1 Å². The monoisotopic (exact) mass is 981 g/mol. The smallest absolute Gasteiger partial charge is 0.131 e. The molecule has 0 spiro atoms. The van der Waals surface area contributed by atoms with Crippen LogP contribution in [-0.4, -0.2) is 18.9 Å². The largest absolute Gasteiger partial charge is 0.500 e. The third-order valence-corrected chi connectivity index (χ3v) is 12.5. The van der Waals surface area contributed by atoms with Gasteiger partial charge in [0.25, 0.3) is 0 Å². The summed E-state index contributed by atoms with van der Waals surface area (Å²) in [7, 11) is 0. The topological polar surface area (TPSA) is 48.3 Å². The summed E-state index contributed by atoms with van der Waals surface area (Å²) in [6.07, 6.45) is 1.93. The number of pyridine rings is 1. The third kappa shape index (κ3) is 6.07. The molecule has 0 fully saturated rings. The van der Waals surface area contributed by atoms with Gasteiger partial charge in [-0.05, 0) is 78.4 Å². The van der Waals surface area contributed by atoms with Gasteiger partial charge in [-0.15, -0.1) is 54.1 Å². The Balaban J connectivity index is 0.000000150. The van der Waals surface area contributed by atoms with Crippen LogP contribution in [0.1, 0.15) is 61.8 Å². The van der Waals surface area contributed by atoms with Gasteiger partial charge in [-0.25, -0.2) is 0 Å². The summed E-state index contributed by atoms with van der Waals surface area (Å²) in [6.45, 7) is 13.2. The number of para-hydroxylation sites is 5. The first-order valence-electron chi connectivity index (χ1n) is 21.2. The molecule has 5 aromatic heterocycles. The number of hydrogen-bond acceptors (Lipinski definition) is 3. The SMILES string of the molecule is CC(C)c1cccc(C(C)C)c1-n1c(-c2[c-]cccc2)nc2ccccc21.Cc1cnc(-c2[c-]ccc3c2oc2c3cc3c4ccccc4n4c5ccccc5c2c34)cc1C.[Ir]. The number of rotatable bonds is 5. The van der Waals surface area contributed by atoms with E-state index in [-0.39, 0.29) is 20.1 Å². The number of aromatic nitrogens is 4. The van der Waals surface area contributed by atoms with Gasteiger partial charge in [0.15, 0.2) is 0 Å². The minimum atomic E-state index is 0. The van der Waals surface area contributed by atoms with E-state index in [1.807, 2.05) is 30.5 Å². The number of aryl methyl sites for hydroxylation is 2. The van der Waals surface area contributed by atoms with E-state index in [1.165, 1.54) is 66.0 Å². The maximum atomic E-state index is 6.74. The number of benzene rings is 7. The fourth-order valence-corrected chi connectivity index (χ4v) is 9.39. The molecule has 0 saturated carbocycles. The van der Waals surface area contributed by atoms with Gasteiger partial charge in [0.2, 0.25) is 0 Å². The quantitative estimate of drug-likeness (QED) is 0.161. The molecule has 5 nitrogen and oxygen atoms in total. The minimum absolute atomic E-state index is 0. The number of hydrogen-bond donors (Lipinski definition) is 0. The minimum Gasteiger partial charge on any atom is -0.500 e. The Morgan fingerprint density at radius 2 is 1.26 bits per heavy atom. The van der Waals surface area contributed by atoms with Crippen LogP contribution in [0.2, 0.25) is 0 Å². The van der Waals surface area contributed by atoms with E-state index in [0.717, 1.165) is 55.6 Å². The first-order chi connectivity index (χ1) is 29.8. The summed E-state index contributed by atoms with van der Waals surface area (Å²) in [5.74, 6) is 1.80. The van der Waals surface area contributed by atoms with Gasteiger partial charge in [-0.2, -0.15) is 0 Å². The average molecular weight is 981 g/mol. The van der Waals surface area contributed by atoms with Crippen LogP contribution in [0, 0.1) is 26.0 Å². The van der Waals surface area contributed by atoms with Crippen LogP contribution in [-0.2, 0) is 20.1 Å². The van der Waals surface area contributed by atoms with E-state index in [9.17, 15) is 0 Å². The van der Waals surface area contributed by atoms with Crippen LogP contribution >= 0.6 is 0 Å². The molecule has 12 aromatic rings. The first kappa shape index (κ1) is 39.5. The number of fused-ring (bicyclic) bond motifs is 11. The molecule has 0 aliphatic carbocycles. The van der Waals surface area contributed by atoms with Crippen molar-refractivity contribution in [3.63, 3.8) is 0 Å². The predicted molar refractivity (Wildman–Crippen MR) is 253 cm³/mol. The Morgan fingerprint density at radius 1 is 0.581 bits per heavy atom. The maximum Gasteiger partial charge on any atom is 0.131 e. The molecule has 12 rings (SSSR count). The van der Waals surface area contributed by atoms with Gasteiger partial charge >= 0.3 is 0 Å².